The standard InChI is InChI=1S/C10H14O/c1-4-7-10(2,3)8-5-6-9-11/h1,11H,7-9H2,2-3H3. The van der Waals surface area contributed by atoms with Crippen LogP contribution < -0.4 is 0 Å². The first-order chi connectivity index (χ1) is 5.12. The molecule has 0 amide bonds. The van der Waals surface area contributed by atoms with Crippen LogP contribution >= 0.6 is 0 Å². The molecule has 0 aromatic rings. The van der Waals surface area contributed by atoms with Crippen LogP contribution in [0.25, 0.3) is 0 Å². The molecule has 1 nitrogen and oxygen atoms in total. The van der Waals surface area contributed by atoms with E-state index in [0.29, 0.717) is 0 Å². The SMILES string of the molecule is C#CCC(C)(C)CC#CCO. The average Bonchev–Trinajstić information content (AvgIpc) is 1.87. The normalized spacial score (nSPS) is 9.64. The van der Waals surface area contributed by atoms with Gasteiger partial charge in [-0.25, -0.2) is 0 Å². The quantitative estimate of drug-likeness (QED) is 0.590. The summed E-state index contributed by atoms with van der Waals surface area (Å²) in [6.07, 6.45) is 6.65. The molecule has 0 bridgehead atoms. The van der Waals surface area contributed by atoms with Gasteiger partial charge >= 0.3 is 0 Å². The molecule has 0 radical (unpaired) electrons. The minimum absolute atomic E-state index is 0.0634. The Kier molecular flexibility index (Phi) is 4.42. The van der Waals surface area contributed by atoms with Gasteiger partial charge in [0.15, 0.2) is 0 Å². The number of hydrogen-bond acceptors (Lipinski definition) is 1. The molecule has 0 unspecified atom stereocenters. The van der Waals surface area contributed by atoms with E-state index in [4.69, 9.17) is 11.5 Å². The minimum atomic E-state index is -0.0634. The van der Waals surface area contributed by atoms with E-state index in [1.54, 1.807) is 0 Å². The van der Waals surface area contributed by atoms with Gasteiger partial charge in [0.2, 0.25) is 0 Å². The van der Waals surface area contributed by atoms with Crippen molar-refractivity contribution in [3.05, 3.63) is 0 Å². The molecule has 60 valence electrons. The molecule has 0 aromatic heterocycles. The summed E-state index contributed by atoms with van der Waals surface area (Å²) in [5.41, 5.74) is 0.0803. The van der Waals surface area contributed by atoms with Crippen molar-refractivity contribution >= 4 is 0 Å². The van der Waals surface area contributed by atoms with E-state index in [-0.39, 0.29) is 12.0 Å². The number of hydrogen-bond donors (Lipinski definition) is 1. The van der Waals surface area contributed by atoms with Gasteiger partial charge in [-0.15, -0.1) is 18.3 Å². The Morgan fingerprint density at radius 2 is 1.91 bits per heavy atom. The molecular weight excluding hydrogens is 136 g/mol. The van der Waals surface area contributed by atoms with E-state index in [9.17, 15) is 0 Å². The van der Waals surface area contributed by atoms with Crippen molar-refractivity contribution in [2.75, 3.05) is 6.61 Å². The summed E-state index contributed by atoms with van der Waals surface area (Å²) in [6, 6.07) is 0. The average molecular weight is 150 g/mol. The van der Waals surface area contributed by atoms with Gasteiger partial charge < -0.3 is 5.11 Å². The maximum Gasteiger partial charge on any atom is 0.104 e. The van der Waals surface area contributed by atoms with Gasteiger partial charge in [0.05, 0.1) is 0 Å². The minimum Gasteiger partial charge on any atom is -0.384 e. The van der Waals surface area contributed by atoms with Crippen LogP contribution in [0.3, 0.4) is 0 Å². The lowest BCUT2D eigenvalue weighted by Crippen LogP contribution is -2.08. The first kappa shape index (κ1) is 10.1. The Hall–Kier alpha value is -0.920. The maximum absolute atomic E-state index is 8.38. The molecule has 1 heteroatoms. The van der Waals surface area contributed by atoms with Gasteiger partial charge in [-0.1, -0.05) is 19.8 Å². The Morgan fingerprint density at radius 3 is 2.36 bits per heavy atom. The van der Waals surface area contributed by atoms with Crippen LogP contribution in [0.2, 0.25) is 0 Å². The van der Waals surface area contributed by atoms with Crippen LogP contribution in [0.4, 0.5) is 0 Å². The van der Waals surface area contributed by atoms with Crippen molar-refractivity contribution in [1.29, 1.82) is 0 Å². The van der Waals surface area contributed by atoms with Crippen molar-refractivity contribution in [2.45, 2.75) is 26.7 Å². The van der Waals surface area contributed by atoms with E-state index < -0.39 is 0 Å². The smallest absolute Gasteiger partial charge is 0.104 e. The second-order valence-corrected chi connectivity index (χ2v) is 3.23. The molecule has 0 aromatic carbocycles. The molecule has 0 spiro atoms. The zero-order valence-corrected chi connectivity index (χ0v) is 7.15. The molecule has 0 aliphatic rings. The fraction of sp³-hybridized carbons (Fsp3) is 0.600. The highest BCUT2D eigenvalue weighted by Crippen LogP contribution is 2.23. The predicted molar refractivity (Wildman–Crippen MR) is 46.7 cm³/mol. The maximum atomic E-state index is 8.38. The topological polar surface area (TPSA) is 20.2 Å². The van der Waals surface area contributed by atoms with Crippen LogP contribution in [0.5, 0.6) is 0 Å². The number of aliphatic hydroxyl groups is 1. The summed E-state index contributed by atoms with van der Waals surface area (Å²) in [6.45, 7) is 4.07. The third-order valence-electron chi connectivity index (χ3n) is 1.35. The zero-order chi connectivity index (χ0) is 8.74. The Balaban J connectivity index is 3.83. The monoisotopic (exact) mass is 150 g/mol. The van der Waals surface area contributed by atoms with Crippen molar-refractivity contribution < 1.29 is 5.11 Å². The number of rotatable bonds is 2. The van der Waals surface area contributed by atoms with Crippen LogP contribution in [-0.4, -0.2) is 11.7 Å². The summed E-state index contributed by atoms with van der Waals surface area (Å²) in [5.74, 6) is 8.07. The molecule has 0 atom stereocenters. The summed E-state index contributed by atoms with van der Waals surface area (Å²) >= 11 is 0. The highest BCUT2D eigenvalue weighted by atomic mass is 16.2. The van der Waals surface area contributed by atoms with Gasteiger partial charge in [-0.05, 0) is 5.41 Å². The third kappa shape index (κ3) is 5.52. The second kappa shape index (κ2) is 4.83. The number of terminal acetylenes is 1. The van der Waals surface area contributed by atoms with E-state index in [1.165, 1.54) is 0 Å². The van der Waals surface area contributed by atoms with E-state index >= 15 is 0 Å². The molecule has 0 saturated carbocycles. The molecule has 0 heterocycles. The Labute approximate surface area is 68.8 Å². The Morgan fingerprint density at radius 1 is 1.27 bits per heavy atom. The zero-order valence-electron chi connectivity index (χ0n) is 7.15. The fourth-order valence-corrected chi connectivity index (χ4v) is 0.696. The lowest BCUT2D eigenvalue weighted by molar-refractivity contribution is 0.349. The highest BCUT2D eigenvalue weighted by Gasteiger charge is 2.13. The number of aliphatic hydroxyl groups excluding tert-OH is 1. The van der Waals surface area contributed by atoms with Crippen LogP contribution in [0, 0.1) is 29.6 Å². The third-order valence-corrected chi connectivity index (χ3v) is 1.35. The first-order valence-electron chi connectivity index (χ1n) is 3.62. The van der Waals surface area contributed by atoms with Gasteiger partial charge in [-0.2, -0.15) is 0 Å². The molecule has 0 aliphatic carbocycles. The van der Waals surface area contributed by atoms with Crippen molar-refractivity contribution in [3.8, 4) is 24.2 Å². The molecule has 11 heavy (non-hydrogen) atoms. The van der Waals surface area contributed by atoms with Crippen LogP contribution in [0.1, 0.15) is 26.7 Å². The van der Waals surface area contributed by atoms with Crippen LogP contribution in [-0.2, 0) is 0 Å². The van der Waals surface area contributed by atoms with Gasteiger partial charge in [0.25, 0.3) is 0 Å². The summed E-state index contributed by atoms with van der Waals surface area (Å²) < 4.78 is 0. The summed E-state index contributed by atoms with van der Waals surface area (Å²) in [4.78, 5) is 0. The molecule has 0 fully saturated rings. The molecular formula is C10H14O. The van der Waals surface area contributed by atoms with Gasteiger partial charge in [0, 0.05) is 12.8 Å². The van der Waals surface area contributed by atoms with E-state index in [2.05, 4.69) is 31.6 Å². The summed E-state index contributed by atoms with van der Waals surface area (Å²) in [7, 11) is 0. The largest absolute Gasteiger partial charge is 0.384 e. The van der Waals surface area contributed by atoms with Crippen molar-refractivity contribution in [2.24, 2.45) is 5.41 Å². The Bertz CT molecular complexity index is 197. The van der Waals surface area contributed by atoms with Crippen LogP contribution in [0.15, 0.2) is 0 Å². The molecule has 1 N–H and O–H groups in total. The van der Waals surface area contributed by atoms with Crippen molar-refractivity contribution in [1.82, 2.24) is 0 Å². The first-order valence-corrected chi connectivity index (χ1v) is 3.62. The summed E-state index contributed by atoms with van der Waals surface area (Å²) in [5, 5.41) is 8.38. The highest BCUT2D eigenvalue weighted by molar-refractivity contribution is 5.04. The molecule has 0 rings (SSSR count). The molecule has 0 saturated heterocycles. The lowest BCUT2D eigenvalue weighted by Gasteiger charge is -2.17. The van der Waals surface area contributed by atoms with Gasteiger partial charge in [0.1, 0.15) is 6.61 Å². The second-order valence-electron chi connectivity index (χ2n) is 3.23. The lowest BCUT2D eigenvalue weighted by atomic mass is 9.86. The fourth-order valence-electron chi connectivity index (χ4n) is 0.696. The van der Waals surface area contributed by atoms with E-state index in [0.717, 1.165) is 12.8 Å². The predicted octanol–water partition coefficient (Wildman–Crippen LogP) is 1.42. The van der Waals surface area contributed by atoms with Gasteiger partial charge in [-0.3, -0.25) is 0 Å². The molecule has 0 aliphatic heterocycles. The van der Waals surface area contributed by atoms with Crippen molar-refractivity contribution in [3.63, 3.8) is 0 Å². The van der Waals surface area contributed by atoms with E-state index in [1.807, 2.05) is 0 Å².